The Hall–Kier alpha value is -19.7. The lowest BCUT2D eigenvalue weighted by molar-refractivity contribution is 0.667. The second-order valence-corrected chi connectivity index (χ2v) is 39.0. The molecule has 28 aromatic rings. The minimum Gasteiger partial charge on any atom is -0.452 e. The van der Waals surface area contributed by atoms with Crippen LogP contribution in [0.4, 0.5) is 0 Å². The molecule has 3 aliphatic rings. The lowest BCUT2D eigenvalue weighted by Crippen LogP contribution is -2.28. The SMILES string of the molecule is c1ccc(-c2nc(-c3ccc(-c4cccc5c6c(ccc45)-c4ccccc4C6(c4ccccc4)c4ccccc4)cc3)nc3c2oc2ccccc23)cc1.c1ccc(-c2nc(-c3ccc4c5c(ccc4c3)-c3ccccc3C5(c3ccccc3)c3ccccc3)nc3c2oc2ccccc23)cc1.c1ccc(-c2nc(-c3ccc4ccc5c(c4c3)C(c3ccccc3)(c3ccccc3)c3ccccc3-5)nc3c2oc2ccccc23)cc1. The van der Waals surface area contributed by atoms with Gasteiger partial charge in [0.15, 0.2) is 34.2 Å². The molecule has 6 aromatic heterocycles. The maximum atomic E-state index is 6.40. The molecule has 0 bridgehead atoms. The van der Waals surface area contributed by atoms with Crippen molar-refractivity contribution in [2.75, 3.05) is 0 Å². The van der Waals surface area contributed by atoms with Crippen molar-refractivity contribution in [2.45, 2.75) is 16.2 Å². The molecule has 0 aliphatic heterocycles. The van der Waals surface area contributed by atoms with Crippen molar-refractivity contribution in [3.8, 4) is 112 Å². The Morgan fingerprint density at radius 3 is 0.820 bits per heavy atom. The molecule has 0 amide bonds. The molecule has 22 aromatic carbocycles. The van der Waals surface area contributed by atoms with Gasteiger partial charge in [-0.3, -0.25) is 0 Å². The molecule has 0 unspecified atom stereocenters. The lowest BCUT2D eigenvalue weighted by Gasteiger charge is -2.34. The van der Waals surface area contributed by atoms with Gasteiger partial charge < -0.3 is 13.3 Å². The summed E-state index contributed by atoms with van der Waals surface area (Å²) in [5, 5.41) is 10.2. The smallest absolute Gasteiger partial charge is 0.180 e. The zero-order valence-electron chi connectivity index (χ0n) is 81.2. The fourth-order valence-corrected chi connectivity index (χ4v) is 24.7. The van der Waals surface area contributed by atoms with E-state index in [1.54, 1.807) is 0 Å². The quantitative estimate of drug-likeness (QED) is 0.111. The maximum Gasteiger partial charge on any atom is 0.180 e. The summed E-state index contributed by atoms with van der Waals surface area (Å²) in [5.74, 6) is 2.02. The van der Waals surface area contributed by atoms with E-state index < -0.39 is 16.2 Å². The van der Waals surface area contributed by atoms with Crippen LogP contribution in [0.25, 0.3) is 211 Å². The molecule has 150 heavy (non-hydrogen) atoms. The number of benzene rings is 22. The minimum absolute atomic E-state index is 0.471. The van der Waals surface area contributed by atoms with Crippen molar-refractivity contribution in [3.05, 3.63) is 601 Å². The number of hydrogen-bond donors (Lipinski definition) is 0. The highest BCUT2D eigenvalue weighted by molar-refractivity contribution is 6.13. The molecule has 6 heterocycles. The van der Waals surface area contributed by atoms with Gasteiger partial charge in [-0.1, -0.05) is 485 Å². The summed E-state index contributed by atoms with van der Waals surface area (Å²) in [5.41, 5.74) is 39.2. The average Bonchev–Trinajstić information content (AvgIpc) is 1.53. The van der Waals surface area contributed by atoms with Crippen molar-refractivity contribution in [2.24, 2.45) is 0 Å². The monoisotopic (exact) mass is 1910 g/mol. The number of fused-ring (bicyclic) bond motifs is 24. The Morgan fingerprint density at radius 1 is 0.153 bits per heavy atom. The predicted octanol–water partition coefficient (Wildman–Crippen LogP) is 35.3. The summed E-state index contributed by atoms with van der Waals surface area (Å²) < 4.78 is 19.1. The van der Waals surface area contributed by atoms with Crippen LogP contribution in [0.2, 0.25) is 0 Å². The van der Waals surface area contributed by atoms with Crippen molar-refractivity contribution in [1.29, 1.82) is 0 Å². The van der Waals surface area contributed by atoms with Gasteiger partial charge in [-0.15, -0.1) is 0 Å². The molecule has 700 valence electrons. The number of rotatable bonds is 13. The van der Waals surface area contributed by atoms with Crippen molar-refractivity contribution < 1.29 is 13.3 Å². The molecular formula is C141H88N6O3. The van der Waals surface area contributed by atoms with E-state index >= 15 is 0 Å². The van der Waals surface area contributed by atoms with Gasteiger partial charge in [0.25, 0.3) is 0 Å². The van der Waals surface area contributed by atoms with Crippen molar-refractivity contribution >= 4 is 98.5 Å². The number of furan rings is 3. The van der Waals surface area contributed by atoms with E-state index in [1.807, 2.05) is 109 Å². The van der Waals surface area contributed by atoms with E-state index in [2.05, 4.69) is 425 Å². The number of nitrogens with zero attached hydrogens (tertiary/aromatic N) is 6. The molecule has 31 rings (SSSR count). The third-order valence-electron chi connectivity index (χ3n) is 31.1. The Balaban J connectivity index is 0.000000106. The zero-order valence-corrected chi connectivity index (χ0v) is 81.2. The molecular weight excluding hydrogens is 1830 g/mol. The van der Waals surface area contributed by atoms with Gasteiger partial charge in [-0.25, -0.2) is 29.9 Å². The molecule has 0 spiro atoms. The van der Waals surface area contributed by atoms with Gasteiger partial charge in [0.05, 0.1) is 16.2 Å². The van der Waals surface area contributed by atoms with E-state index in [1.165, 1.54) is 133 Å². The van der Waals surface area contributed by atoms with E-state index in [0.29, 0.717) is 34.2 Å². The van der Waals surface area contributed by atoms with Crippen LogP contribution < -0.4 is 0 Å². The summed E-state index contributed by atoms with van der Waals surface area (Å²) in [6.07, 6.45) is 0. The summed E-state index contributed by atoms with van der Waals surface area (Å²) in [6.45, 7) is 0. The molecule has 0 N–H and O–H groups in total. The molecule has 0 saturated heterocycles. The van der Waals surface area contributed by atoms with E-state index in [-0.39, 0.29) is 0 Å². The number of hydrogen-bond acceptors (Lipinski definition) is 9. The first kappa shape index (κ1) is 86.9. The summed E-state index contributed by atoms with van der Waals surface area (Å²) >= 11 is 0. The topological polar surface area (TPSA) is 117 Å². The number of para-hydroxylation sites is 3. The Kier molecular flexibility index (Phi) is 20.5. The number of aromatic nitrogens is 6. The molecule has 0 atom stereocenters. The van der Waals surface area contributed by atoms with Crippen molar-refractivity contribution in [3.63, 3.8) is 0 Å². The van der Waals surface area contributed by atoms with Crippen LogP contribution in [0.3, 0.4) is 0 Å². The zero-order chi connectivity index (χ0) is 99.0. The third kappa shape index (κ3) is 13.6. The Labute approximate surface area is 864 Å². The third-order valence-corrected chi connectivity index (χ3v) is 31.1. The Bertz CT molecular complexity index is 10100. The standard InChI is InChI=1S/C51H32N2O.2C45H28N2O/c1-4-15-34(16-5-1)47-49-48(43-22-11-13-26-45(43)54-49)53-50(52-47)35-29-27-33(28-30-35)38-23-14-24-41-39(38)31-32-42-40-21-10-12-25-44(40)51(46(41)42,36-17-6-2-7-18-36)37-19-8-3-9-20-37;1-4-14-29(15-5-1)41-43-42(37-21-11-13-23-39(37)48-43)47-44(46-41)31-25-26-34-30(28-31)24-27-36-35-20-10-12-22-38(35)45(40(34)36,32-16-6-2-7-17-32)33-18-8-3-9-19-33;1-4-14-30(15-5-1)41-43-42(36-21-11-13-23-39(36)48-43)47-44(46-41)31-25-24-29-26-27-35-34-20-10-12-22-38(34)45(40(35)37(29)28-31,32-16-6-2-7-17-32)33-18-8-3-9-19-33/h1-32H;2*1-28H. The van der Waals surface area contributed by atoms with Crippen LogP contribution >= 0.6 is 0 Å². The van der Waals surface area contributed by atoms with Gasteiger partial charge in [-0.05, 0) is 192 Å². The predicted molar refractivity (Wildman–Crippen MR) is 610 cm³/mol. The average molecular weight is 1910 g/mol. The van der Waals surface area contributed by atoms with E-state index in [4.69, 9.17) is 43.2 Å². The van der Waals surface area contributed by atoms with Crippen LogP contribution in [0.5, 0.6) is 0 Å². The highest BCUT2D eigenvalue weighted by Gasteiger charge is 2.51. The normalized spacial score (nSPS) is 13.1. The van der Waals surface area contributed by atoms with Gasteiger partial charge in [0.1, 0.15) is 50.4 Å². The summed E-state index contributed by atoms with van der Waals surface area (Å²) in [6, 6.07) is 190. The summed E-state index contributed by atoms with van der Waals surface area (Å²) in [7, 11) is 0. The van der Waals surface area contributed by atoms with Gasteiger partial charge >= 0.3 is 0 Å². The van der Waals surface area contributed by atoms with E-state index in [9.17, 15) is 0 Å². The highest BCUT2D eigenvalue weighted by atomic mass is 16.3. The fourth-order valence-electron chi connectivity index (χ4n) is 24.7. The van der Waals surface area contributed by atoms with Crippen LogP contribution in [-0.2, 0) is 16.2 Å². The van der Waals surface area contributed by atoms with Gasteiger partial charge in [-0.2, -0.15) is 0 Å². The second-order valence-electron chi connectivity index (χ2n) is 39.0. The lowest BCUT2D eigenvalue weighted by atomic mass is 9.66. The summed E-state index contributed by atoms with van der Waals surface area (Å²) in [4.78, 5) is 31.0. The van der Waals surface area contributed by atoms with Gasteiger partial charge in [0, 0.05) is 49.5 Å². The van der Waals surface area contributed by atoms with Gasteiger partial charge in [0.2, 0.25) is 0 Å². The first-order valence-corrected chi connectivity index (χ1v) is 51.1. The first-order valence-electron chi connectivity index (χ1n) is 51.1. The molecule has 3 aliphatic carbocycles. The van der Waals surface area contributed by atoms with Crippen LogP contribution in [0.1, 0.15) is 66.8 Å². The maximum absolute atomic E-state index is 6.40. The molecule has 0 radical (unpaired) electrons. The fraction of sp³-hybridized carbons (Fsp3) is 0.0213. The van der Waals surface area contributed by atoms with Crippen LogP contribution in [0, 0.1) is 0 Å². The molecule has 9 nitrogen and oxygen atoms in total. The molecule has 9 heteroatoms. The molecule has 0 saturated carbocycles. The highest BCUT2D eigenvalue weighted by Crippen LogP contribution is 2.63. The van der Waals surface area contributed by atoms with E-state index in [0.717, 1.165) is 111 Å². The Morgan fingerprint density at radius 2 is 0.427 bits per heavy atom. The van der Waals surface area contributed by atoms with Crippen LogP contribution in [0.15, 0.2) is 547 Å². The first-order chi connectivity index (χ1) is 74.4. The minimum atomic E-state index is -0.507. The molecule has 0 fully saturated rings. The largest absolute Gasteiger partial charge is 0.452 e. The second kappa shape index (κ2) is 35.4. The van der Waals surface area contributed by atoms with Crippen LogP contribution in [-0.4, -0.2) is 29.9 Å². The van der Waals surface area contributed by atoms with Crippen molar-refractivity contribution in [1.82, 2.24) is 29.9 Å².